The van der Waals surface area contributed by atoms with Crippen LogP contribution in [0.2, 0.25) is 13.1 Å². The van der Waals surface area contributed by atoms with Gasteiger partial charge in [-0.2, -0.15) is 5.10 Å². The van der Waals surface area contributed by atoms with Gasteiger partial charge in [0.1, 0.15) is 12.3 Å². The number of nitrogens with one attached hydrogen (secondary N) is 1. The second kappa shape index (κ2) is 10.0. The molecule has 1 atom stereocenters. The fraction of sp³-hybridized carbons (Fsp3) is 0.600. The van der Waals surface area contributed by atoms with Crippen molar-refractivity contribution in [3.05, 3.63) is 39.9 Å². The molecule has 1 amide bonds. The zero-order valence-electron chi connectivity index (χ0n) is 18.4. The summed E-state index contributed by atoms with van der Waals surface area (Å²) in [7, 11) is 0.264. The maximum absolute atomic E-state index is 13.1. The molecule has 1 aromatic carbocycles. The molecule has 0 spiro atoms. The minimum absolute atomic E-state index is 0.00362. The van der Waals surface area contributed by atoms with Crippen molar-refractivity contribution in [1.82, 2.24) is 10.3 Å². The van der Waals surface area contributed by atoms with Gasteiger partial charge in [0.2, 0.25) is 0 Å². The van der Waals surface area contributed by atoms with Crippen LogP contribution in [0.15, 0.2) is 29.4 Å². The molecule has 1 N–H and O–H groups in total. The molecule has 30 heavy (non-hydrogen) atoms. The third kappa shape index (κ3) is 5.36. The summed E-state index contributed by atoms with van der Waals surface area (Å²) in [6, 6.07) is 6.00. The molecule has 0 aliphatic carbocycles. The lowest BCUT2D eigenvalue weighted by Gasteiger charge is -2.49. The summed E-state index contributed by atoms with van der Waals surface area (Å²) in [6.45, 7) is 8.98. The number of nitrogens with zero attached hydrogens (tertiary/aromatic N) is 3. The molecule has 1 heterocycles. The van der Waals surface area contributed by atoms with Gasteiger partial charge in [0.25, 0.3) is 5.69 Å². The highest BCUT2D eigenvalue weighted by molar-refractivity contribution is 6.48. The molecule has 0 saturated carbocycles. The zero-order valence-corrected chi connectivity index (χ0v) is 19.5. The van der Waals surface area contributed by atoms with Gasteiger partial charge in [0.05, 0.1) is 4.92 Å². The van der Waals surface area contributed by atoms with Gasteiger partial charge in [0, 0.05) is 37.4 Å². The average molecular weight is 437 g/mol. The highest BCUT2D eigenvalue weighted by Crippen LogP contribution is 2.47. The van der Waals surface area contributed by atoms with Crippen LogP contribution in [-0.2, 0) is 15.8 Å². The Bertz CT molecular complexity index is 769. The Hall–Kier alpha value is -2.46. The van der Waals surface area contributed by atoms with Crippen LogP contribution >= 0.6 is 0 Å². The molecule has 1 aliphatic rings. The minimum Gasteiger partial charge on any atom is -0.444 e. The van der Waals surface area contributed by atoms with E-state index >= 15 is 0 Å². The van der Waals surface area contributed by atoms with Gasteiger partial charge >= 0.3 is 6.09 Å². The van der Waals surface area contributed by atoms with Gasteiger partial charge in [-0.25, -0.2) is 4.79 Å². The van der Waals surface area contributed by atoms with Crippen molar-refractivity contribution in [2.45, 2.75) is 58.5 Å². The molecule has 1 aromatic rings. The minimum atomic E-state index is -1.48. The predicted octanol–water partition coefficient (Wildman–Crippen LogP) is 3.65. The number of hydrogen-bond acceptors (Lipinski definition) is 7. The third-order valence-electron chi connectivity index (χ3n) is 5.37. The lowest BCUT2D eigenvalue weighted by molar-refractivity contribution is -0.384. The molecule has 166 valence electrons. The van der Waals surface area contributed by atoms with Crippen LogP contribution in [0.1, 0.15) is 38.7 Å². The van der Waals surface area contributed by atoms with Crippen LogP contribution in [0.5, 0.6) is 0 Å². The summed E-state index contributed by atoms with van der Waals surface area (Å²) >= 11 is 0. The molecule has 0 bridgehead atoms. The monoisotopic (exact) mass is 436 g/mol. The summed E-state index contributed by atoms with van der Waals surface area (Å²) in [6.07, 6.45) is 3.59. The van der Waals surface area contributed by atoms with Crippen LogP contribution in [0.3, 0.4) is 0 Å². The van der Waals surface area contributed by atoms with Crippen molar-refractivity contribution in [1.29, 1.82) is 0 Å². The summed E-state index contributed by atoms with van der Waals surface area (Å²) in [5.74, 6) is 0. The van der Waals surface area contributed by atoms with Gasteiger partial charge in [-0.15, -0.1) is 0 Å². The van der Waals surface area contributed by atoms with E-state index in [2.05, 4.69) is 37.5 Å². The van der Waals surface area contributed by atoms with Crippen molar-refractivity contribution >= 4 is 27.0 Å². The third-order valence-corrected chi connectivity index (χ3v) is 6.23. The van der Waals surface area contributed by atoms with Crippen LogP contribution in [0, 0.1) is 15.5 Å². The van der Waals surface area contributed by atoms with E-state index in [9.17, 15) is 14.9 Å². The Labute approximate surface area is 179 Å². The second-order valence-electron chi connectivity index (χ2n) is 8.31. The quantitative estimate of drug-likeness (QED) is 0.274. The Morgan fingerprint density at radius 3 is 2.63 bits per heavy atom. The molecule has 1 saturated heterocycles. The number of likely N-dealkylation sites (tertiary alicyclic amines) is 1. The first-order valence-electron chi connectivity index (χ1n) is 10.2. The van der Waals surface area contributed by atoms with Crippen molar-refractivity contribution < 1.29 is 18.9 Å². The number of hydrogen-bond donors (Lipinski definition) is 1. The normalized spacial score (nSPS) is 19.5. The van der Waals surface area contributed by atoms with E-state index < -0.39 is 25.8 Å². The van der Waals surface area contributed by atoms with E-state index in [1.54, 1.807) is 24.1 Å². The summed E-state index contributed by atoms with van der Waals surface area (Å²) in [4.78, 5) is 25.1. The fourth-order valence-corrected chi connectivity index (χ4v) is 5.21. The lowest BCUT2D eigenvalue weighted by Crippen LogP contribution is -2.60. The molecular weight excluding hydrogens is 404 g/mol. The predicted molar refractivity (Wildman–Crippen MR) is 118 cm³/mol. The number of hydrazone groups is 1. The topological polar surface area (TPSA) is 106 Å². The zero-order chi connectivity index (χ0) is 22.4. The van der Waals surface area contributed by atoms with Crippen LogP contribution in [0.4, 0.5) is 10.5 Å². The highest BCUT2D eigenvalue weighted by Gasteiger charge is 2.55. The first kappa shape index (κ1) is 23.8. The number of carbonyl (C=O) groups is 1. The van der Waals surface area contributed by atoms with Crippen molar-refractivity contribution in [2.75, 3.05) is 13.6 Å². The maximum atomic E-state index is 13.1. The summed E-state index contributed by atoms with van der Waals surface area (Å²) in [5.41, 5.74) is 2.34. The van der Waals surface area contributed by atoms with Gasteiger partial charge in [-0.1, -0.05) is 13.8 Å². The van der Waals surface area contributed by atoms with Gasteiger partial charge in [-0.05, 0) is 50.1 Å². The van der Waals surface area contributed by atoms with E-state index in [-0.39, 0.29) is 17.7 Å². The number of carbonyl (C=O) groups excluding carboxylic acids is 1. The van der Waals surface area contributed by atoms with Crippen molar-refractivity contribution in [2.24, 2.45) is 10.5 Å². The molecule has 10 heteroatoms. The Morgan fingerprint density at radius 1 is 1.40 bits per heavy atom. The van der Waals surface area contributed by atoms with Crippen LogP contribution < -0.4 is 5.43 Å². The van der Waals surface area contributed by atoms with E-state index in [4.69, 9.17) is 9.16 Å². The van der Waals surface area contributed by atoms with Crippen LogP contribution in [0.25, 0.3) is 0 Å². The molecular formula is C20H32N4O5Si. The Balaban J connectivity index is 2.18. The second-order valence-corrected chi connectivity index (χ2v) is 10.6. The van der Waals surface area contributed by atoms with Crippen LogP contribution in [-0.4, -0.2) is 50.5 Å². The van der Waals surface area contributed by atoms with E-state index in [0.29, 0.717) is 18.5 Å². The van der Waals surface area contributed by atoms with E-state index in [0.717, 1.165) is 12.8 Å². The Morgan fingerprint density at radius 2 is 2.07 bits per heavy atom. The van der Waals surface area contributed by atoms with E-state index in [1.807, 2.05) is 6.21 Å². The van der Waals surface area contributed by atoms with E-state index in [1.165, 1.54) is 12.1 Å². The molecule has 2 rings (SSSR count). The first-order chi connectivity index (χ1) is 14.1. The summed E-state index contributed by atoms with van der Waals surface area (Å²) in [5, 5.41) is 14.9. The first-order valence-corrected chi connectivity index (χ1v) is 12.9. The molecule has 1 fully saturated rings. The molecule has 9 nitrogen and oxygen atoms in total. The van der Waals surface area contributed by atoms with Crippen molar-refractivity contribution in [3.63, 3.8) is 0 Å². The number of nitro benzene ring substituents is 1. The number of non-ortho nitro benzene ring substituents is 1. The largest absolute Gasteiger partial charge is 0.444 e. The smallest absolute Gasteiger partial charge is 0.412 e. The maximum Gasteiger partial charge on any atom is 0.412 e. The number of amides is 1. The standard InChI is InChI=1S/C20H32N4O5Si/c1-19(2,12-13-22-21-3)20(29-30(4)5)11-6-14-23(20)18(25)28-15-16-7-9-17(10-8-16)24(26)27/h7-10,13,21,30H,6,11-12,14-15H2,1-5H3/b22-13+/t20-/m0/s1. The van der Waals surface area contributed by atoms with Gasteiger partial charge in [-0.3, -0.25) is 15.0 Å². The lowest BCUT2D eigenvalue weighted by atomic mass is 9.77. The molecule has 0 aromatic heterocycles. The Kier molecular flexibility index (Phi) is 7.96. The number of rotatable bonds is 9. The number of nitro groups is 1. The molecule has 0 radical (unpaired) electrons. The van der Waals surface area contributed by atoms with Crippen molar-refractivity contribution in [3.8, 4) is 0 Å². The molecule has 0 unspecified atom stereocenters. The highest BCUT2D eigenvalue weighted by atomic mass is 28.3. The number of ether oxygens (including phenoxy) is 1. The fourth-order valence-electron chi connectivity index (χ4n) is 3.87. The number of benzene rings is 1. The van der Waals surface area contributed by atoms with Gasteiger partial charge in [0.15, 0.2) is 9.04 Å². The van der Waals surface area contributed by atoms with Gasteiger partial charge < -0.3 is 14.6 Å². The SMILES string of the molecule is CN/N=C/CC(C)(C)[C@@]1(O[SiH](C)C)CCCN1C(=O)OCc1ccc([N+](=O)[O-])cc1. The average Bonchev–Trinajstić information content (AvgIpc) is 3.11. The summed E-state index contributed by atoms with van der Waals surface area (Å²) < 4.78 is 12.1. The molecule has 1 aliphatic heterocycles.